The van der Waals surface area contributed by atoms with Crippen molar-refractivity contribution in [3.63, 3.8) is 0 Å². The number of hydrogen-bond donors (Lipinski definition) is 2. The number of anilines is 3. The van der Waals surface area contributed by atoms with E-state index in [1.807, 2.05) is 24.3 Å². The Kier molecular flexibility index (Phi) is 8.04. The lowest BCUT2D eigenvalue weighted by molar-refractivity contribution is -0.111. The summed E-state index contributed by atoms with van der Waals surface area (Å²) < 4.78 is 28.0. The van der Waals surface area contributed by atoms with E-state index in [1.165, 1.54) is 6.33 Å². The second-order valence-corrected chi connectivity index (χ2v) is 8.58. The van der Waals surface area contributed by atoms with Gasteiger partial charge in [-0.2, -0.15) is 0 Å². The predicted octanol–water partition coefficient (Wildman–Crippen LogP) is 4.50. The van der Waals surface area contributed by atoms with E-state index in [0.717, 1.165) is 55.5 Å². The van der Waals surface area contributed by atoms with Crippen LogP contribution in [0.4, 0.5) is 21.6 Å². The molecule has 8 nitrogen and oxygen atoms in total. The zero-order valence-corrected chi connectivity index (χ0v) is 20.1. The molecule has 0 spiro atoms. The number of carbonyl (C=O) groups is 1. The molecule has 0 unspecified atom stereocenters. The third-order valence-corrected chi connectivity index (χ3v) is 5.88. The highest BCUT2D eigenvalue weighted by atomic mass is 79.9. The van der Waals surface area contributed by atoms with E-state index < -0.39 is 11.7 Å². The van der Waals surface area contributed by atoms with E-state index in [2.05, 4.69) is 48.0 Å². The molecule has 4 rings (SSSR count). The molecule has 0 aliphatic carbocycles. The van der Waals surface area contributed by atoms with Crippen LogP contribution >= 0.6 is 15.9 Å². The summed E-state index contributed by atoms with van der Waals surface area (Å²) in [7, 11) is 0. The number of carbonyl (C=O) groups excluding carboxylic acids is 1. The second-order valence-electron chi connectivity index (χ2n) is 7.66. The number of hydrogen-bond acceptors (Lipinski definition) is 7. The second kappa shape index (κ2) is 11.4. The lowest BCUT2D eigenvalue weighted by atomic mass is 10.1. The van der Waals surface area contributed by atoms with Crippen molar-refractivity contribution >= 4 is 49.9 Å². The minimum absolute atomic E-state index is 0.0718. The van der Waals surface area contributed by atoms with Crippen molar-refractivity contribution in [2.24, 2.45) is 0 Å². The standard InChI is InChI=1S/C24H25BrFN5O3/c1-2-20(32)30-23-19(34-11-3-8-31-9-12-33-13-10-31)14-18-21(22(23)26)24(28-15-27-18)29-17-6-4-16(25)5-7-17/h2,4-7,14-15H,1,3,8-13H2,(H,30,32)(H,27,28,29). The highest BCUT2D eigenvalue weighted by Crippen LogP contribution is 2.37. The van der Waals surface area contributed by atoms with Crippen LogP contribution in [0.5, 0.6) is 5.75 Å². The molecule has 1 aromatic heterocycles. The van der Waals surface area contributed by atoms with E-state index in [4.69, 9.17) is 9.47 Å². The first kappa shape index (κ1) is 24.1. The number of benzene rings is 2. The van der Waals surface area contributed by atoms with Gasteiger partial charge in [-0.15, -0.1) is 0 Å². The maximum atomic E-state index is 15.8. The molecule has 1 aliphatic rings. The van der Waals surface area contributed by atoms with Crippen LogP contribution in [-0.2, 0) is 9.53 Å². The zero-order chi connectivity index (χ0) is 23.9. The molecule has 3 aromatic rings. The number of nitrogens with one attached hydrogen (secondary N) is 2. The molecule has 2 heterocycles. The molecule has 34 heavy (non-hydrogen) atoms. The SMILES string of the molecule is C=CC(=O)Nc1c(OCCCN2CCOCC2)cc2ncnc(Nc3ccc(Br)cc3)c2c1F. The van der Waals surface area contributed by atoms with Crippen molar-refractivity contribution in [1.29, 1.82) is 0 Å². The van der Waals surface area contributed by atoms with Crippen molar-refractivity contribution < 1.29 is 18.7 Å². The van der Waals surface area contributed by atoms with Gasteiger partial charge in [0.25, 0.3) is 0 Å². The maximum Gasteiger partial charge on any atom is 0.247 e. The first-order valence-corrected chi connectivity index (χ1v) is 11.7. The highest BCUT2D eigenvalue weighted by molar-refractivity contribution is 9.10. The molecule has 178 valence electrons. The third kappa shape index (κ3) is 5.88. The zero-order valence-electron chi connectivity index (χ0n) is 18.5. The van der Waals surface area contributed by atoms with Crippen LogP contribution in [0.3, 0.4) is 0 Å². The van der Waals surface area contributed by atoms with Crippen LogP contribution in [0, 0.1) is 5.82 Å². The van der Waals surface area contributed by atoms with Crippen LogP contribution in [0.25, 0.3) is 10.9 Å². The Morgan fingerprint density at radius 2 is 2.03 bits per heavy atom. The number of halogens is 2. The number of fused-ring (bicyclic) bond motifs is 1. The Morgan fingerprint density at radius 3 is 2.76 bits per heavy atom. The monoisotopic (exact) mass is 529 g/mol. The number of amides is 1. The number of ether oxygens (including phenoxy) is 2. The molecule has 1 fully saturated rings. The molecule has 0 radical (unpaired) electrons. The van der Waals surface area contributed by atoms with Gasteiger partial charge in [0.1, 0.15) is 23.6 Å². The molecule has 2 N–H and O–H groups in total. The Balaban J connectivity index is 1.60. The highest BCUT2D eigenvalue weighted by Gasteiger charge is 2.21. The summed E-state index contributed by atoms with van der Waals surface area (Å²) in [6.07, 6.45) is 3.18. The van der Waals surface area contributed by atoms with Gasteiger partial charge in [-0.1, -0.05) is 22.5 Å². The molecular formula is C24H25BrFN5O3. The van der Waals surface area contributed by atoms with Crippen LogP contribution in [0.1, 0.15) is 6.42 Å². The smallest absolute Gasteiger partial charge is 0.247 e. The molecule has 0 bridgehead atoms. The van der Waals surface area contributed by atoms with E-state index in [9.17, 15) is 4.79 Å². The molecule has 1 amide bonds. The van der Waals surface area contributed by atoms with Gasteiger partial charge >= 0.3 is 0 Å². The van der Waals surface area contributed by atoms with Crippen molar-refractivity contribution in [2.75, 3.05) is 50.1 Å². The molecule has 0 atom stereocenters. The Bertz CT molecular complexity index is 1170. The number of morpholine rings is 1. The van der Waals surface area contributed by atoms with Crippen molar-refractivity contribution in [3.8, 4) is 5.75 Å². The fourth-order valence-electron chi connectivity index (χ4n) is 3.62. The summed E-state index contributed by atoms with van der Waals surface area (Å²) in [6.45, 7) is 7.88. The minimum atomic E-state index is -0.684. The fourth-order valence-corrected chi connectivity index (χ4v) is 3.88. The van der Waals surface area contributed by atoms with E-state index in [-0.39, 0.29) is 22.6 Å². The maximum absolute atomic E-state index is 15.8. The van der Waals surface area contributed by atoms with Crippen molar-refractivity contribution in [3.05, 3.63) is 59.6 Å². The quantitative estimate of drug-likeness (QED) is 0.311. The largest absolute Gasteiger partial charge is 0.491 e. The lowest BCUT2D eigenvalue weighted by Crippen LogP contribution is -2.37. The summed E-state index contributed by atoms with van der Waals surface area (Å²) in [5, 5.41) is 5.80. The fraction of sp³-hybridized carbons (Fsp3) is 0.292. The predicted molar refractivity (Wildman–Crippen MR) is 133 cm³/mol. The van der Waals surface area contributed by atoms with Gasteiger partial charge in [-0.05, 0) is 36.8 Å². The average molecular weight is 530 g/mol. The first-order chi connectivity index (χ1) is 16.5. The summed E-state index contributed by atoms with van der Waals surface area (Å²) in [5.74, 6) is -0.750. The van der Waals surface area contributed by atoms with Crippen LogP contribution in [0.2, 0.25) is 0 Å². The number of nitrogens with zero attached hydrogens (tertiary/aromatic N) is 3. The number of aromatic nitrogens is 2. The van der Waals surface area contributed by atoms with Gasteiger partial charge in [0.05, 0.1) is 30.7 Å². The van der Waals surface area contributed by atoms with E-state index >= 15 is 4.39 Å². The summed E-state index contributed by atoms with van der Waals surface area (Å²) in [4.78, 5) is 22.8. The topological polar surface area (TPSA) is 88.6 Å². The Labute approximate surface area is 205 Å². The molecule has 1 saturated heterocycles. The molecule has 1 aliphatic heterocycles. The summed E-state index contributed by atoms with van der Waals surface area (Å²) in [5.41, 5.74) is 1.01. The summed E-state index contributed by atoms with van der Waals surface area (Å²) in [6, 6.07) is 9.01. The van der Waals surface area contributed by atoms with Crippen LogP contribution < -0.4 is 15.4 Å². The van der Waals surface area contributed by atoms with Crippen molar-refractivity contribution in [1.82, 2.24) is 14.9 Å². The van der Waals surface area contributed by atoms with Gasteiger partial charge in [0, 0.05) is 35.9 Å². The average Bonchev–Trinajstić information content (AvgIpc) is 2.85. The molecule has 2 aromatic carbocycles. The molecule has 0 saturated carbocycles. The lowest BCUT2D eigenvalue weighted by Gasteiger charge is -2.26. The van der Waals surface area contributed by atoms with E-state index in [0.29, 0.717) is 12.1 Å². The normalized spacial score (nSPS) is 14.1. The Morgan fingerprint density at radius 1 is 1.26 bits per heavy atom. The number of rotatable bonds is 9. The molecule has 10 heteroatoms. The van der Waals surface area contributed by atoms with Gasteiger partial charge in [0.15, 0.2) is 5.82 Å². The Hall–Kier alpha value is -3.08. The minimum Gasteiger partial charge on any atom is -0.491 e. The van der Waals surface area contributed by atoms with Crippen LogP contribution in [-0.4, -0.2) is 60.2 Å². The van der Waals surface area contributed by atoms with Gasteiger partial charge in [0.2, 0.25) is 5.91 Å². The van der Waals surface area contributed by atoms with Crippen molar-refractivity contribution in [2.45, 2.75) is 6.42 Å². The van der Waals surface area contributed by atoms with Gasteiger partial charge in [-0.25, -0.2) is 14.4 Å². The van der Waals surface area contributed by atoms with Gasteiger partial charge < -0.3 is 20.1 Å². The van der Waals surface area contributed by atoms with Crippen LogP contribution in [0.15, 0.2) is 53.8 Å². The van der Waals surface area contributed by atoms with E-state index in [1.54, 1.807) is 6.07 Å². The molecular weight excluding hydrogens is 505 g/mol. The van der Waals surface area contributed by atoms with Gasteiger partial charge in [-0.3, -0.25) is 9.69 Å². The third-order valence-electron chi connectivity index (χ3n) is 5.35. The summed E-state index contributed by atoms with van der Waals surface area (Å²) >= 11 is 3.39. The first-order valence-electron chi connectivity index (χ1n) is 10.9.